The van der Waals surface area contributed by atoms with Crippen molar-refractivity contribution >= 4 is 27.9 Å². The van der Waals surface area contributed by atoms with Gasteiger partial charge in [0.05, 0.1) is 17.2 Å². The molecule has 1 heterocycles. The summed E-state index contributed by atoms with van der Waals surface area (Å²) in [5.41, 5.74) is 2.98. The predicted octanol–water partition coefficient (Wildman–Crippen LogP) is 3.65. The minimum Gasteiger partial charge on any atom is -0.399 e. The molecule has 1 aliphatic carbocycles. The van der Waals surface area contributed by atoms with Gasteiger partial charge in [-0.3, -0.25) is 4.21 Å². The van der Waals surface area contributed by atoms with Crippen molar-refractivity contribution in [1.29, 1.82) is 0 Å². The summed E-state index contributed by atoms with van der Waals surface area (Å²) in [4.78, 5) is 0. The van der Waals surface area contributed by atoms with E-state index in [0.717, 1.165) is 24.7 Å². The molecule has 4 nitrogen and oxygen atoms in total. The second-order valence-electron chi connectivity index (χ2n) is 8.65. The van der Waals surface area contributed by atoms with Crippen LogP contribution in [0.3, 0.4) is 0 Å². The second-order valence-corrected chi connectivity index (χ2v) is 11.2. The normalized spacial score (nSPS) is 25.1. The Balaban J connectivity index is 1.71. The fourth-order valence-corrected chi connectivity index (χ4v) is 4.28. The molecule has 1 unspecified atom stereocenters. The van der Waals surface area contributed by atoms with Crippen LogP contribution in [0.15, 0.2) is 34.7 Å². The van der Waals surface area contributed by atoms with Crippen LogP contribution in [0.4, 0.5) is 0 Å². The van der Waals surface area contributed by atoms with Gasteiger partial charge < -0.3 is 9.31 Å². The Morgan fingerprint density at radius 3 is 2.12 bits per heavy atom. The Labute approximate surface area is 158 Å². The molecular formula is C20H30BNO3S. The number of hydrogen-bond donors (Lipinski definition) is 0. The van der Waals surface area contributed by atoms with Gasteiger partial charge in [-0.1, -0.05) is 30.3 Å². The zero-order valence-corrected chi connectivity index (χ0v) is 17.6. The Kier molecular flexibility index (Phi) is 5.14. The van der Waals surface area contributed by atoms with E-state index in [2.05, 4.69) is 62.4 Å². The molecule has 6 heteroatoms. The van der Waals surface area contributed by atoms with Crippen molar-refractivity contribution < 1.29 is 13.5 Å². The third-order valence-electron chi connectivity index (χ3n) is 5.59. The molecule has 0 saturated carbocycles. The summed E-state index contributed by atoms with van der Waals surface area (Å²) in [5.74, 6) is 0. The smallest absolute Gasteiger partial charge is 0.399 e. The zero-order chi connectivity index (χ0) is 19.2. The largest absolute Gasteiger partial charge is 0.494 e. The van der Waals surface area contributed by atoms with Gasteiger partial charge in [-0.05, 0) is 63.6 Å². The maximum Gasteiger partial charge on any atom is 0.494 e. The molecule has 0 N–H and O–H groups in total. The first-order chi connectivity index (χ1) is 12.0. The highest BCUT2D eigenvalue weighted by molar-refractivity contribution is 7.92. The van der Waals surface area contributed by atoms with Crippen LogP contribution in [-0.2, 0) is 19.0 Å². The van der Waals surface area contributed by atoms with E-state index in [1.807, 2.05) is 0 Å². The second kappa shape index (κ2) is 6.81. The fraction of sp³-hybridized carbons (Fsp3) is 0.600. The third kappa shape index (κ3) is 4.24. The van der Waals surface area contributed by atoms with E-state index < -0.39 is 9.73 Å². The maximum absolute atomic E-state index is 11.9. The van der Waals surface area contributed by atoms with Gasteiger partial charge in [0.1, 0.15) is 0 Å². The maximum atomic E-state index is 11.9. The van der Waals surface area contributed by atoms with Gasteiger partial charge in [0.25, 0.3) is 0 Å². The van der Waals surface area contributed by atoms with Gasteiger partial charge in [-0.2, -0.15) is 0 Å². The number of allylic oxidation sites excluding steroid dienone is 1. The third-order valence-corrected chi connectivity index (χ3v) is 6.40. The predicted molar refractivity (Wildman–Crippen MR) is 110 cm³/mol. The molecule has 0 aromatic heterocycles. The van der Waals surface area contributed by atoms with Crippen LogP contribution in [0, 0.1) is 0 Å². The molecule has 142 valence electrons. The molecule has 0 amide bonds. The Hall–Kier alpha value is -1.11. The van der Waals surface area contributed by atoms with Crippen LogP contribution in [0.1, 0.15) is 52.5 Å². The van der Waals surface area contributed by atoms with Gasteiger partial charge in [-0.25, -0.2) is 4.36 Å². The van der Waals surface area contributed by atoms with Crippen molar-refractivity contribution in [3.63, 3.8) is 0 Å². The summed E-state index contributed by atoms with van der Waals surface area (Å²) in [6.07, 6.45) is 8.46. The van der Waals surface area contributed by atoms with Gasteiger partial charge in [0, 0.05) is 22.2 Å². The first-order valence-electron chi connectivity index (χ1n) is 9.28. The average Bonchev–Trinajstić information content (AvgIpc) is 2.75. The number of rotatable bonds is 3. The van der Waals surface area contributed by atoms with Crippen molar-refractivity contribution in [1.82, 2.24) is 0 Å². The summed E-state index contributed by atoms with van der Waals surface area (Å²) >= 11 is 0. The SMILES string of the molecule is CC1(C)OB(c2ccc(C3=CCC(N=S(C)(C)=O)CC3)cc2)OC1(C)C. The molecule has 0 radical (unpaired) electrons. The summed E-state index contributed by atoms with van der Waals surface area (Å²) in [6.45, 7) is 8.28. The molecule has 1 aromatic carbocycles. The van der Waals surface area contributed by atoms with Gasteiger partial charge in [0.15, 0.2) is 0 Å². The first kappa shape index (κ1) is 19.7. The number of benzene rings is 1. The summed E-state index contributed by atoms with van der Waals surface area (Å²) in [7, 11) is -2.34. The molecule has 26 heavy (non-hydrogen) atoms. The summed E-state index contributed by atoms with van der Waals surface area (Å²) in [6, 6.07) is 8.67. The summed E-state index contributed by atoms with van der Waals surface area (Å²) in [5, 5.41) is 0. The highest BCUT2D eigenvalue weighted by Crippen LogP contribution is 2.36. The number of nitrogens with zero attached hydrogens (tertiary/aromatic N) is 1. The molecule has 0 bridgehead atoms. The Morgan fingerprint density at radius 2 is 1.65 bits per heavy atom. The number of hydrogen-bond acceptors (Lipinski definition) is 4. The highest BCUT2D eigenvalue weighted by Gasteiger charge is 2.51. The molecule has 1 atom stereocenters. The average molecular weight is 375 g/mol. The minimum absolute atomic E-state index is 0.185. The van der Waals surface area contributed by atoms with Gasteiger partial charge >= 0.3 is 7.12 Å². The van der Waals surface area contributed by atoms with Crippen LogP contribution >= 0.6 is 0 Å². The monoisotopic (exact) mass is 375 g/mol. The molecule has 2 aliphatic rings. The van der Waals surface area contributed by atoms with Crippen molar-refractivity contribution in [2.45, 2.75) is 64.2 Å². The lowest BCUT2D eigenvalue weighted by Gasteiger charge is -2.32. The molecule has 1 saturated heterocycles. The first-order valence-corrected chi connectivity index (χ1v) is 11.6. The molecule has 1 aromatic rings. The van der Waals surface area contributed by atoms with E-state index in [1.165, 1.54) is 11.1 Å². The molecule has 1 fully saturated rings. The lowest BCUT2D eigenvalue weighted by Crippen LogP contribution is -2.41. The Bertz CT molecular complexity index is 796. The van der Waals surface area contributed by atoms with Crippen LogP contribution < -0.4 is 5.46 Å². The standard InChI is InChI=1S/C20H30BNO3S/c1-19(2)20(3,4)25-21(24-19)17-11-7-15(8-12-17)16-9-13-18(14-10-16)22-26(5,6)23/h7-9,11-12,18H,10,13-14H2,1-6H3. The van der Waals surface area contributed by atoms with Gasteiger partial charge in [0.2, 0.25) is 0 Å². The van der Waals surface area contributed by atoms with Crippen molar-refractivity contribution in [2.24, 2.45) is 4.36 Å². The van der Waals surface area contributed by atoms with E-state index >= 15 is 0 Å². The summed E-state index contributed by atoms with van der Waals surface area (Å²) < 4.78 is 28.5. The van der Waals surface area contributed by atoms with E-state index in [0.29, 0.717) is 0 Å². The highest BCUT2D eigenvalue weighted by atomic mass is 32.2. The molecule has 1 aliphatic heterocycles. The van der Waals surface area contributed by atoms with E-state index in [1.54, 1.807) is 12.5 Å². The quantitative estimate of drug-likeness (QED) is 0.758. The van der Waals surface area contributed by atoms with E-state index in [-0.39, 0.29) is 24.4 Å². The topological polar surface area (TPSA) is 47.9 Å². The van der Waals surface area contributed by atoms with Crippen LogP contribution in [0.5, 0.6) is 0 Å². The Morgan fingerprint density at radius 1 is 1.08 bits per heavy atom. The lowest BCUT2D eigenvalue weighted by atomic mass is 9.78. The van der Waals surface area contributed by atoms with Gasteiger partial charge in [-0.15, -0.1) is 0 Å². The van der Waals surface area contributed by atoms with E-state index in [9.17, 15) is 4.21 Å². The van der Waals surface area contributed by atoms with Crippen LogP contribution in [0.25, 0.3) is 5.57 Å². The van der Waals surface area contributed by atoms with Crippen LogP contribution in [-0.4, -0.2) is 41.1 Å². The van der Waals surface area contributed by atoms with E-state index in [4.69, 9.17) is 9.31 Å². The minimum atomic E-state index is -2.02. The van der Waals surface area contributed by atoms with Crippen molar-refractivity contribution in [3.8, 4) is 0 Å². The lowest BCUT2D eigenvalue weighted by molar-refractivity contribution is 0.00578. The molecule has 0 spiro atoms. The molecular weight excluding hydrogens is 345 g/mol. The van der Waals surface area contributed by atoms with Crippen molar-refractivity contribution in [2.75, 3.05) is 12.5 Å². The zero-order valence-electron chi connectivity index (χ0n) is 16.7. The molecule has 3 rings (SSSR count). The van der Waals surface area contributed by atoms with Crippen LogP contribution in [0.2, 0.25) is 0 Å². The fourth-order valence-electron chi connectivity index (χ4n) is 3.37. The van der Waals surface area contributed by atoms with Crippen molar-refractivity contribution in [3.05, 3.63) is 35.9 Å².